The van der Waals surface area contributed by atoms with E-state index in [1.54, 1.807) is 0 Å². The van der Waals surface area contributed by atoms with Gasteiger partial charge in [-0.2, -0.15) is 0 Å². The highest BCUT2D eigenvalue weighted by atomic mass is 16.5. The van der Waals surface area contributed by atoms with Gasteiger partial charge < -0.3 is 9.84 Å². The lowest BCUT2D eigenvalue weighted by molar-refractivity contribution is -0.145. The van der Waals surface area contributed by atoms with Gasteiger partial charge >= 0.3 is 5.97 Å². The van der Waals surface area contributed by atoms with Crippen LogP contribution in [-0.2, 0) is 16.8 Å². The van der Waals surface area contributed by atoms with E-state index in [9.17, 15) is 9.90 Å². The van der Waals surface area contributed by atoms with E-state index in [0.717, 1.165) is 54.5 Å². The van der Waals surface area contributed by atoms with Crippen molar-refractivity contribution in [3.63, 3.8) is 0 Å². The average Bonchev–Trinajstić information content (AvgIpc) is 2.62. The zero-order chi connectivity index (χ0) is 17.0. The van der Waals surface area contributed by atoms with Crippen molar-refractivity contribution < 1.29 is 14.6 Å². The van der Waals surface area contributed by atoms with Crippen molar-refractivity contribution in [1.29, 1.82) is 0 Å². The third-order valence-electron chi connectivity index (χ3n) is 5.08. The molecule has 3 rings (SSSR count). The molecule has 0 atom stereocenters. The molecule has 0 bridgehead atoms. The van der Waals surface area contributed by atoms with Gasteiger partial charge in [0.05, 0.1) is 5.41 Å². The highest BCUT2D eigenvalue weighted by molar-refractivity contribution is 5.81. The second-order valence-electron chi connectivity index (χ2n) is 6.70. The third-order valence-corrected chi connectivity index (χ3v) is 5.08. The van der Waals surface area contributed by atoms with Crippen molar-refractivity contribution in [2.75, 3.05) is 0 Å². The van der Waals surface area contributed by atoms with Crippen molar-refractivity contribution >= 4 is 5.97 Å². The molecule has 2 aromatic carbocycles. The molecular formula is C21H24O3. The summed E-state index contributed by atoms with van der Waals surface area (Å²) in [6.45, 7) is 2.51. The first-order valence-electron chi connectivity index (χ1n) is 8.63. The van der Waals surface area contributed by atoms with Crippen molar-refractivity contribution in [3.05, 3.63) is 65.2 Å². The largest absolute Gasteiger partial charge is 0.489 e. The maximum absolute atomic E-state index is 12.0. The van der Waals surface area contributed by atoms with Gasteiger partial charge in [-0.05, 0) is 42.5 Å². The summed E-state index contributed by atoms with van der Waals surface area (Å²) >= 11 is 0. The van der Waals surface area contributed by atoms with Crippen LogP contribution >= 0.6 is 0 Å². The van der Waals surface area contributed by atoms with Crippen molar-refractivity contribution in [1.82, 2.24) is 0 Å². The Morgan fingerprint density at radius 1 is 1.08 bits per heavy atom. The average molecular weight is 324 g/mol. The summed E-state index contributed by atoms with van der Waals surface area (Å²) in [6, 6.07) is 15.9. The van der Waals surface area contributed by atoms with E-state index in [-0.39, 0.29) is 0 Å². The van der Waals surface area contributed by atoms with Gasteiger partial charge in [0.15, 0.2) is 0 Å². The molecule has 1 N–H and O–H groups in total. The quantitative estimate of drug-likeness (QED) is 0.854. The Hall–Kier alpha value is -2.29. The lowest BCUT2D eigenvalue weighted by Crippen LogP contribution is -2.37. The minimum atomic E-state index is -0.721. The first-order chi connectivity index (χ1) is 11.6. The van der Waals surface area contributed by atoms with Crippen LogP contribution in [0.5, 0.6) is 5.75 Å². The molecular weight excluding hydrogens is 300 g/mol. The SMILES string of the molecule is Cc1cc(C2(C(=O)O)CCCCC2)ccc1OCc1ccccc1. The van der Waals surface area contributed by atoms with Crippen LogP contribution in [0.3, 0.4) is 0 Å². The number of hydrogen-bond acceptors (Lipinski definition) is 2. The maximum Gasteiger partial charge on any atom is 0.314 e. The number of rotatable bonds is 5. The summed E-state index contributed by atoms with van der Waals surface area (Å²) < 4.78 is 5.91. The van der Waals surface area contributed by atoms with E-state index >= 15 is 0 Å². The molecule has 1 aliphatic carbocycles. The maximum atomic E-state index is 12.0. The van der Waals surface area contributed by atoms with Gasteiger partial charge in [-0.3, -0.25) is 4.79 Å². The molecule has 1 saturated carbocycles. The molecule has 3 nitrogen and oxygen atoms in total. The van der Waals surface area contributed by atoms with Crippen LogP contribution in [0.1, 0.15) is 48.8 Å². The van der Waals surface area contributed by atoms with E-state index in [1.165, 1.54) is 0 Å². The molecule has 0 spiro atoms. The van der Waals surface area contributed by atoms with E-state index in [1.807, 2.05) is 55.5 Å². The second kappa shape index (κ2) is 7.08. The summed E-state index contributed by atoms with van der Waals surface area (Å²) in [5, 5.41) is 9.82. The minimum absolute atomic E-state index is 0.519. The van der Waals surface area contributed by atoms with Crippen molar-refractivity contribution in [2.24, 2.45) is 0 Å². The van der Waals surface area contributed by atoms with Gasteiger partial charge in [0.2, 0.25) is 0 Å². The van der Waals surface area contributed by atoms with Gasteiger partial charge in [0.25, 0.3) is 0 Å². The monoisotopic (exact) mass is 324 g/mol. The molecule has 0 aliphatic heterocycles. The highest BCUT2D eigenvalue weighted by Crippen LogP contribution is 2.41. The number of carboxylic acid groups (broad SMARTS) is 1. The topological polar surface area (TPSA) is 46.5 Å². The Morgan fingerprint density at radius 2 is 1.79 bits per heavy atom. The normalized spacial score (nSPS) is 16.5. The fourth-order valence-electron chi connectivity index (χ4n) is 3.63. The zero-order valence-electron chi connectivity index (χ0n) is 14.1. The van der Waals surface area contributed by atoms with Crippen LogP contribution in [0.15, 0.2) is 48.5 Å². The van der Waals surface area contributed by atoms with Crippen LogP contribution < -0.4 is 4.74 Å². The first-order valence-corrected chi connectivity index (χ1v) is 8.63. The van der Waals surface area contributed by atoms with Crippen LogP contribution in [0, 0.1) is 6.92 Å². The molecule has 1 aliphatic rings. The van der Waals surface area contributed by atoms with Gasteiger partial charge in [0, 0.05) is 0 Å². The van der Waals surface area contributed by atoms with E-state index in [2.05, 4.69) is 0 Å². The Kier molecular flexibility index (Phi) is 4.89. The number of hydrogen-bond donors (Lipinski definition) is 1. The molecule has 0 saturated heterocycles. The van der Waals surface area contributed by atoms with Gasteiger partial charge in [-0.15, -0.1) is 0 Å². The molecule has 0 unspecified atom stereocenters. The Balaban J connectivity index is 1.80. The summed E-state index contributed by atoms with van der Waals surface area (Å²) in [7, 11) is 0. The molecule has 126 valence electrons. The summed E-state index contributed by atoms with van der Waals surface area (Å²) in [5.74, 6) is 0.124. The molecule has 3 heteroatoms. The van der Waals surface area contributed by atoms with Gasteiger partial charge in [-0.25, -0.2) is 0 Å². The molecule has 0 aromatic heterocycles. The molecule has 0 amide bonds. The van der Waals surface area contributed by atoms with Gasteiger partial charge in [0.1, 0.15) is 12.4 Å². The number of aryl methyl sites for hydroxylation is 1. The van der Waals surface area contributed by atoms with Crippen LogP contribution in [0.2, 0.25) is 0 Å². The molecule has 2 aromatic rings. The molecule has 1 fully saturated rings. The molecule has 24 heavy (non-hydrogen) atoms. The van der Waals surface area contributed by atoms with E-state index < -0.39 is 11.4 Å². The highest BCUT2D eigenvalue weighted by Gasteiger charge is 2.41. The number of benzene rings is 2. The third kappa shape index (κ3) is 3.30. The summed E-state index contributed by atoms with van der Waals surface area (Å²) in [6.07, 6.45) is 4.56. The summed E-state index contributed by atoms with van der Waals surface area (Å²) in [5.41, 5.74) is 2.31. The number of carbonyl (C=O) groups is 1. The van der Waals surface area contributed by atoms with Gasteiger partial charge in [-0.1, -0.05) is 61.7 Å². The van der Waals surface area contributed by atoms with E-state index in [0.29, 0.717) is 6.61 Å². The smallest absolute Gasteiger partial charge is 0.314 e. The lowest BCUT2D eigenvalue weighted by atomic mass is 9.69. The number of ether oxygens (including phenoxy) is 1. The number of carboxylic acids is 1. The Morgan fingerprint density at radius 3 is 2.42 bits per heavy atom. The first kappa shape index (κ1) is 16.6. The molecule has 0 radical (unpaired) electrons. The van der Waals surface area contributed by atoms with Crippen LogP contribution in [0.4, 0.5) is 0 Å². The Labute approximate surface area is 143 Å². The predicted molar refractivity (Wildman–Crippen MR) is 94.4 cm³/mol. The summed E-state index contributed by atoms with van der Waals surface area (Å²) in [4.78, 5) is 12.0. The molecule has 0 heterocycles. The zero-order valence-corrected chi connectivity index (χ0v) is 14.1. The lowest BCUT2D eigenvalue weighted by Gasteiger charge is -2.34. The van der Waals surface area contributed by atoms with Crippen molar-refractivity contribution in [3.8, 4) is 5.75 Å². The fraction of sp³-hybridized carbons (Fsp3) is 0.381. The van der Waals surface area contributed by atoms with Crippen LogP contribution in [-0.4, -0.2) is 11.1 Å². The van der Waals surface area contributed by atoms with Crippen LogP contribution in [0.25, 0.3) is 0 Å². The predicted octanol–water partition coefficient (Wildman–Crippen LogP) is 4.86. The second-order valence-corrected chi connectivity index (χ2v) is 6.70. The Bertz CT molecular complexity index is 700. The fourth-order valence-corrected chi connectivity index (χ4v) is 3.63. The van der Waals surface area contributed by atoms with E-state index in [4.69, 9.17) is 4.74 Å². The minimum Gasteiger partial charge on any atom is -0.489 e. The standard InChI is InChI=1S/C21H24O3/c1-16-14-18(21(20(22)23)12-6-3-7-13-21)10-11-19(16)24-15-17-8-4-2-5-9-17/h2,4-5,8-11,14H,3,6-7,12-13,15H2,1H3,(H,22,23). The van der Waals surface area contributed by atoms with Crippen molar-refractivity contribution in [2.45, 2.75) is 51.0 Å². The number of aliphatic carboxylic acids is 1.